The maximum Gasteiger partial charge on any atom is 0.410 e. The van der Waals surface area contributed by atoms with Crippen LogP contribution in [0.3, 0.4) is 0 Å². The lowest BCUT2D eigenvalue weighted by Gasteiger charge is -2.38. The fourth-order valence-corrected chi connectivity index (χ4v) is 7.33. The molecule has 1 N–H and O–H groups in total. The fourth-order valence-electron chi connectivity index (χ4n) is 6.52. The van der Waals surface area contributed by atoms with Gasteiger partial charge in [0.1, 0.15) is 17.2 Å². The highest BCUT2D eigenvalue weighted by atomic mass is 32.1. The van der Waals surface area contributed by atoms with Crippen LogP contribution in [0, 0.1) is 5.95 Å². The van der Waals surface area contributed by atoms with Gasteiger partial charge in [0.15, 0.2) is 5.52 Å². The number of aromatic nitrogens is 5. The number of carbonyl (C=O) groups is 2. The smallest absolute Gasteiger partial charge is 0.410 e. The minimum atomic E-state index is -2.93. The molecule has 1 fully saturated rings. The summed E-state index contributed by atoms with van der Waals surface area (Å²) in [5, 5.41) is 14.7. The molecular weight excluding hydrogens is 663 g/mol. The van der Waals surface area contributed by atoms with Crippen LogP contribution in [0.25, 0.3) is 21.5 Å². The summed E-state index contributed by atoms with van der Waals surface area (Å²) in [6, 6.07) is 5.20. The predicted molar refractivity (Wildman–Crippen MR) is 175 cm³/mol. The number of nitrogens with zero attached hydrogens (tertiary/aromatic N) is 7. The monoisotopic (exact) mass is 701 g/mol. The minimum Gasteiger partial charge on any atom is -0.444 e. The van der Waals surface area contributed by atoms with Crippen molar-refractivity contribution >= 4 is 34.6 Å². The summed E-state index contributed by atoms with van der Waals surface area (Å²) >= 11 is 1.16. The van der Waals surface area contributed by atoms with Crippen LogP contribution in [0.4, 0.5) is 18.0 Å². The van der Waals surface area contributed by atoms with Crippen molar-refractivity contribution < 1.29 is 32.6 Å². The third-order valence-corrected chi connectivity index (χ3v) is 10.0. The summed E-state index contributed by atoms with van der Waals surface area (Å²) in [6.45, 7) is 5.60. The van der Waals surface area contributed by atoms with Crippen molar-refractivity contribution in [1.29, 1.82) is 0 Å². The summed E-state index contributed by atoms with van der Waals surface area (Å²) in [4.78, 5) is 47.3. The van der Waals surface area contributed by atoms with Crippen LogP contribution in [-0.4, -0.2) is 88.4 Å². The van der Waals surface area contributed by atoms with Crippen molar-refractivity contribution in [3.8, 4) is 10.4 Å². The summed E-state index contributed by atoms with van der Waals surface area (Å²) in [6.07, 6.45) is 0.327. The maximum absolute atomic E-state index is 13.6. The Bertz CT molecular complexity index is 1930. The first-order chi connectivity index (χ1) is 23.1. The number of amides is 2. The van der Waals surface area contributed by atoms with Crippen molar-refractivity contribution in [2.45, 2.75) is 89.1 Å². The molecule has 262 valence electrons. The van der Waals surface area contributed by atoms with Gasteiger partial charge in [0.2, 0.25) is 11.9 Å². The number of hydrogen-bond acceptors (Lipinski definition) is 9. The Morgan fingerprint density at radius 1 is 1.18 bits per heavy atom. The molecule has 2 amide bonds. The molecule has 3 aromatic heterocycles. The lowest BCUT2D eigenvalue weighted by atomic mass is 9.91. The largest absolute Gasteiger partial charge is 0.444 e. The fraction of sp³-hybridized carbons (Fsp3) is 0.515. The molecule has 1 aliphatic heterocycles. The Morgan fingerprint density at radius 2 is 1.92 bits per heavy atom. The molecule has 12 nitrogen and oxygen atoms in total. The van der Waals surface area contributed by atoms with E-state index in [9.17, 15) is 32.7 Å². The Labute approximate surface area is 284 Å². The second-order valence-electron chi connectivity index (χ2n) is 13.8. The first-order valence-electron chi connectivity index (χ1n) is 16.1. The standard InChI is InChI=1S/C33H38F3N7O5S/c1-32(2,3)48-31(46)40(4)22-8-6-19-15-20(5-7-21(19)22)28-26-27(39-49-28)30(45)42(18-37-26)17-33(47)10-13-41(14-11-33)25(44)16-23(29(35)36)43-12-9-24(34)38-43/h5,7,9,12,15,18,22-23,29,47H,6,8,10-11,13-14,16-17H2,1-4H3. The van der Waals surface area contributed by atoms with Gasteiger partial charge in [0.05, 0.1) is 35.8 Å². The third-order valence-electron chi connectivity index (χ3n) is 9.16. The van der Waals surface area contributed by atoms with Crippen LogP contribution in [0.15, 0.2) is 41.6 Å². The highest BCUT2D eigenvalue weighted by Crippen LogP contribution is 2.39. The molecule has 6 rings (SSSR count). The van der Waals surface area contributed by atoms with E-state index >= 15 is 0 Å². The summed E-state index contributed by atoms with van der Waals surface area (Å²) in [7, 11) is 1.74. The second kappa shape index (κ2) is 13.2. The molecule has 2 atom stereocenters. The molecule has 2 aliphatic rings. The SMILES string of the molecule is CN(C(=O)OC(C)(C)C)C1CCc2cc(-c3snc4c(=O)n(CC5(O)CCN(C(=O)CC(C(F)F)n6ccc(F)n6)CC5)cnc34)ccc21. The van der Waals surface area contributed by atoms with Gasteiger partial charge in [-0.1, -0.05) is 12.1 Å². The van der Waals surface area contributed by atoms with Crippen molar-refractivity contribution in [3.05, 3.63) is 64.2 Å². The van der Waals surface area contributed by atoms with E-state index in [0.717, 1.165) is 62.9 Å². The van der Waals surface area contributed by atoms with E-state index < -0.39 is 47.5 Å². The minimum absolute atomic E-state index is 0.0821. The average Bonchev–Trinajstić information content (AvgIpc) is 3.78. The number of alkyl halides is 2. The molecule has 0 radical (unpaired) electrons. The van der Waals surface area contributed by atoms with Crippen LogP contribution < -0.4 is 5.56 Å². The van der Waals surface area contributed by atoms with Crippen LogP contribution >= 0.6 is 11.5 Å². The third kappa shape index (κ3) is 7.20. The van der Waals surface area contributed by atoms with Crippen LogP contribution in [-0.2, 0) is 22.5 Å². The molecule has 4 heterocycles. The maximum atomic E-state index is 13.6. The molecule has 4 aromatic rings. The molecule has 1 aromatic carbocycles. The number of aliphatic hydroxyl groups is 1. The van der Waals surface area contributed by atoms with E-state index in [-0.39, 0.29) is 50.1 Å². The van der Waals surface area contributed by atoms with Gasteiger partial charge in [-0.15, -0.1) is 5.10 Å². The van der Waals surface area contributed by atoms with Crippen molar-refractivity contribution in [1.82, 2.24) is 33.5 Å². The van der Waals surface area contributed by atoms with E-state index in [0.29, 0.717) is 5.52 Å². The summed E-state index contributed by atoms with van der Waals surface area (Å²) in [5.74, 6) is -1.48. The molecule has 1 aliphatic carbocycles. The van der Waals surface area contributed by atoms with Gasteiger partial charge in [-0.2, -0.15) is 8.76 Å². The van der Waals surface area contributed by atoms with Gasteiger partial charge in [-0.05, 0) is 80.7 Å². The lowest BCUT2D eigenvalue weighted by Crippen LogP contribution is -2.50. The topological polar surface area (TPSA) is 136 Å². The number of piperidine rings is 1. The molecule has 49 heavy (non-hydrogen) atoms. The molecule has 0 bridgehead atoms. The Morgan fingerprint density at radius 3 is 2.57 bits per heavy atom. The number of fused-ring (bicyclic) bond motifs is 2. The number of rotatable bonds is 8. The lowest BCUT2D eigenvalue weighted by molar-refractivity contribution is -0.138. The number of benzene rings is 1. The Kier molecular flexibility index (Phi) is 9.30. The summed E-state index contributed by atoms with van der Waals surface area (Å²) in [5.41, 5.74) is 1.28. The number of likely N-dealkylation sites (tertiary alicyclic amines) is 1. The van der Waals surface area contributed by atoms with Gasteiger partial charge < -0.3 is 19.6 Å². The zero-order valence-corrected chi connectivity index (χ0v) is 28.4. The quantitative estimate of drug-likeness (QED) is 0.273. The van der Waals surface area contributed by atoms with E-state index in [2.05, 4.69) is 14.5 Å². The van der Waals surface area contributed by atoms with Gasteiger partial charge in [0.25, 0.3) is 12.0 Å². The van der Waals surface area contributed by atoms with Crippen LogP contribution in [0.2, 0.25) is 0 Å². The highest BCUT2D eigenvalue weighted by Gasteiger charge is 2.37. The van der Waals surface area contributed by atoms with Crippen LogP contribution in [0.1, 0.15) is 69.7 Å². The van der Waals surface area contributed by atoms with E-state index in [1.54, 1.807) is 11.9 Å². The molecule has 0 spiro atoms. The number of hydrogen-bond donors (Lipinski definition) is 1. The molecule has 2 unspecified atom stereocenters. The Hall–Kier alpha value is -4.31. The number of aryl methyl sites for hydroxylation is 1. The van der Waals surface area contributed by atoms with E-state index in [4.69, 9.17) is 4.74 Å². The van der Waals surface area contributed by atoms with Crippen molar-refractivity contribution in [3.63, 3.8) is 0 Å². The second-order valence-corrected chi connectivity index (χ2v) is 14.5. The molecule has 0 saturated carbocycles. The normalized spacial score (nSPS) is 18.1. The van der Waals surface area contributed by atoms with Crippen LogP contribution in [0.5, 0.6) is 0 Å². The number of carbonyl (C=O) groups excluding carboxylic acids is 2. The van der Waals surface area contributed by atoms with Gasteiger partial charge in [-0.25, -0.2) is 18.6 Å². The van der Waals surface area contributed by atoms with Gasteiger partial charge in [-0.3, -0.25) is 18.8 Å². The van der Waals surface area contributed by atoms with E-state index in [1.165, 1.54) is 15.8 Å². The highest BCUT2D eigenvalue weighted by molar-refractivity contribution is 7.11. The molecule has 1 saturated heterocycles. The molecule has 16 heteroatoms. The van der Waals surface area contributed by atoms with Gasteiger partial charge >= 0.3 is 6.09 Å². The van der Waals surface area contributed by atoms with E-state index in [1.807, 2.05) is 39.0 Å². The zero-order chi connectivity index (χ0) is 35.2. The van der Waals surface area contributed by atoms with Crippen molar-refractivity contribution in [2.75, 3.05) is 20.1 Å². The average molecular weight is 702 g/mol. The van der Waals surface area contributed by atoms with Gasteiger partial charge in [0, 0.05) is 32.4 Å². The first-order valence-corrected chi connectivity index (χ1v) is 16.8. The molecular formula is C33H38F3N7O5S. The Balaban J connectivity index is 1.12. The number of halogens is 3. The number of ether oxygens (including phenoxy) is 1. The zero-order valence-electron chi connectivity index (χ0n) is 27.6. The van der Waals surface area contributed by atoms with Crippen molar-refractivity contribution in [2.24, 2.45) is 0 Å². The first kappa shape index (κ1) is 34.5. The summed E-state index contributed by atoms with van der Waals surface area (Å²) < 4.78 is 52.6. The predicted octanol–water partition coefficient (Wildman–Crippen LogP) is 4.96.